The molecule has 0 bridgehead atoms. The Labute approximate surface area is 82.2 Å². The van der Waals surface area contributed by atoms with Gasteiger partial charge in [0.05, 0.1) is 5.75 Å². The summed E-state index contributed by atoms with van der Waals surface area (Å²) < 4.78 is 28.7. The van der Waals surface area contributed by atoms with Gasteiger partial charge in [-0.2, -0.15) is 8.42 Å². The van der Waals surface area contributed by atoms with Crippen LogP contribution in [0, 0.1) is 0 Å². The van der Waals surface area contributed by atoms with Crippen LogP contribution in [-0.2, 0) is 14.9 Å². The maximum Gasteiger partial charge on any atom is 0.266 e. The molecule has 78 valence electrons. The molecule has 0 unspecified atom stereocenters. The number of alkyl halides is 1. The normalized spacial score (nSPS) is 11.2. The minimum absolute atomic E-state index is 0.0695. The van der Waals surface area contributed by atoms with Gasteiger partial charge in [0.2, 0.25) is 5.91 Å². The maximum absolute atomic E-state index is 10.8. The molecule has 0 aromatic carbocycles. The minimum atomic E-state index is -3.98. The van der Waals surface area contributed by atoms with E-state index < -0.39 is 15.9 Å². The average molecular weight is 230 g/mol. The number of nitrogens with one attached hydrogen (secondary N) is 1. The first-order valence-electron chi connectivity index (χ1n) is 3.73. The highest BCUT2D eigenvalue weighted by molar-refractivity contribution is 7.85. The topological polar surface area (TPSA) is 83.5 Å². The van der Waals surface area contributed by atoms with Crippen molar-refractivity contribution in [2.75, 3.05) is 18.2 Å². The van der Waals surface area contributed by atoms with Crippen molar-refractivity contribution in [3.63, 3.8) is 0 Å². The maximum atomic E-state index is 10.8. The molecular weight excluding hydrogens is 218 g/mol. The number of carbonyl (C=O) groups is 1. The Kier molecular flexibility index (Phi) is 6.02. The molecule has 1 amide bonds. The molecule has 0 aromatic rings. The van der Waals surface area contributed by atoms with Crippen LogP contribution in [0.1, 0.15) is 12.8 Å². The van der Waals surface area contributed by atoms with Gasteiger partial charge in [0.1, 0.15) is 0 Å². The molecule has 0 rings (SSSR count). The van der Waals surface area contributed by atoms with Crippen LogP contribution >= 0.6 is 11.6 Å². The molecule has 0 fully saturated rings. The van der Waals surface area contributed by atoms with Crippen molar-refractivity contribution in [3.8, 4) is 0 Å². The number of hydrogen-bond acceptors (Lipinski definition) is 3. The summed E-state index contributed by atoms with van der Waals surface area (Å²) in [7, 11) is -3.98. The molecule has 5 nitrogen and oxygen atoms in total. The molecule has 0 aromatic heterocycles. The second-order valence-corrected chi connectivity index (χ2v) is 4.38. The standard InChI is InChI=1S/C6H12ClNO4S/c7-3-1-2-6(9)8-4-5-13(10,11)12/h1-5H2,(H,8,9)(H,10,11,12). The molecule has 7 heteroatoms. The first-order chi connectivity index (χ1) is 5.95. The highest BCUT2D eigenvalue weighted by Crippen LogP contribution is 1.91. The number of amides is 1. The Balaban J connectivity index is 3.49. The number of halogens is 1. The van der Waals surface area contributed by atoms with Crippen molar-refractivity contribution in [2.24, 2.45) is 0 Å². The van der Waals surface area contributed by atoms with Crippen LogP contribution in [0.5, 0.6) is 0 Å². The van der Waals surface area contributed by atoms with Crippen LogP contribution in [0.25, 0.3) is 0 Å². The summed E-state index contributed by atoms with van der Waals surface area (Å²) >= 11 is 5.34. The lowest BCUT2D eigenvalue weighted by Crippen LogP contribution is -2.28. The van der Waals surface area contributed by atoms with Gasteiger partial charge in [-0.3, -0.25) is 9.35 Å². The lowest BCUT2D eigenvalue weighted by atomic mass is 10.3. The highest BCUT2D eigenvalue weighted by atomic mass is 35.5. The van der Waals surface area contributed by atoms with Crippen molar-refractivity contribution in [3.05, 3.63) is 0 Å². The SMILES string of the molecule is O=C(CCCCl)NCCS(=O)(=O)O. The molecular formula is C6H12ClNO4S. The van der Waals surface area contributed by atoms with Crippen LogP contribution in [0.4, 0.5) is 0 Å². The van der Waals surface area contributed by atoms with E-state index in [0.29, 0.717) is 12.3 Å². The van der Waals surface area contributed by atoms with E-state index in [2.05, 4.69) is 5.32 Å². The van der Waals surface area contributed by atoms with Crippen molar-refractivity contribution < 1.29 is 17.8 Å². The molecule has 0 saturated carbocycles. The van der Waals surface area contributed by atoms with Gasteiger partial charge in [0.15, 0.2) is 0 Å². The van der Waals surface area contributed by atoms with Gasteiger partial charge < -0.3 is 5.32 Å². The smallest absolute Gasteiger partial charge is 0.266 e. The average Bonchev–Trinajstić information content (AvgIpc) is 1.98. The lowest BCUT2D eigenvalue weighted by molar-refractivity contribution is -0.120. The molecule has 0 aliphatic rings. The predicted octanol–water partition coefficient (Wildman–Crippen LogP) is 0.00940. The summed E-state index contributed by atoms with van der Waals surface area (Å²) in [6.45, 7) is -0.0695. The van der Waals surface area contributed by atoms with Crippen molar-refractivity contribution >= 4 is 27.6 Å². The van der Waals surface area contributed by atoms with E-state index in [1.54, 1.807) is 0 Å². The van der Waals surface area contributed by atoms with Gasteiger partial charge in [0.25, 0.3) is 10.1 Å². The highest BCUT2D eigenvalue weighted by Gasteiger charge is 2.05. The fourth-order valence-electron chi connectivity index (χ4n) is 0.635. The zero-order valence-electron chi connectivity index (χ0n) is 6.99. The Morgan fingerprint density at radius 3 is 2.54 bits per heavy atom. The van der Waals surface area contributed by atoms with Crippen molar-refractivity contribution in [1.29, 1.82) is 0 Å². The summed E-state index contributed by atoms with van der Waals surface area (Å²) in [6.07, 6.45) is 0.828. The van der Waals surface area contributed by atoms with Gasteiger partial charge in [-0.05, 0) is 6.42 Å². The van der Waals surface area contributed by atoms with Gasteiger partial charge in [-0.25, -0.2) is 0 Å². The summed E-state index contributed by atoms with van der Waals surface area (Å²) in [6, 6.07) is 0. The first kappa shape index (κ1) is 12.7. The zero-order valence-corrected chi connectivity index (χ0v) is 8.57. The second-order valence-electron chi connectivity index (χ2n) is 2.43. The van der Waals surface area contributed by atoms with Crippen LogP contribution in [-0.4, -0.2) is 37.1 Å². The summed E-state index contributed by atoms with van der Waals surface area (Å²) in [5, 5.41) is 2.34. The van der Waals surface area contributed by atoms with Crippen LogP contribution in [0.15, 0.2) is 0 Å². The Morgan fingerprint density at radius 1 is 1.46 bits per heavy atom. The fourth-order valence-corrected chi connectivity index (χ4v) is 1.13. The molecule has 0 aliphatic heterocycles. The van der Waals surface area contributed by atoms with Gasteiger partial charge in [-0.1, -0.05) is 0 Å². The first-order valence-corrected chi connectivity index (χ1v) is 5.88. The summed E-state index contributed by atoms with van der Waals surface area (Å²) in [5.74, 6) is -0.324. The molecule has 0 heterocycles. The van der Waals surface area contributed by atoms with Crippen LogP contribution in [0.2, 0.25) is 0 Å². The molecule has 0 saturated heterocycles. The van der Waals surface area contributed by atoms with Gasteiger partial charge >= 0.3 is 0 Å². The Morgan fingerprint density at radius 2 is 2.08 bits per heavy atom. The molecule has 0 spiro atoms. The van der Waals surface area contributed by atoms with Crippen LogP contribution < -0.4 is 5.32 Å². The molecule has 13 heavy (non-hydrogen) atoms. The molecule has 0 aliphatic carbocycles. The quantitative estimate of drug-likeness (QED) is 0.497. The van der Waals surface area contributed by atoms with Crippen LogP contribution in [0.3, 0.4) is 0 Å². The van der Waals surface area contributed by atoms with Crippen molar-refractivity contribution in [1.82, 2.24) is 5.32 Å². The predicted molar refractivity (Wildman–Crippen MR) is 49.4 cm³/mol. The third-order valence-corrected chi connectivity index (χ3v) is 2.21. The second kappa shape index (κ2) is 6.17. The summed E-state index contributed by atoms with van der Waals surface area (Å²) in [4.78, 5) is 10.8. The van der Waals surface area contributed by atoms with Crippen molar-refractivity contribution in [2.45, 2.75) is 12.8 Å². The van der Waals surface area contributed by atoms with E-state index in [1.807, 2.05) is 0 Å². The van der Waals surface area contributed by atoms with E-state index in [1.165, 1.54) is 0 Å². The molecule has 2 N–H and O–H groups in total. The fraction of sp³-hybridized carbons (Fsp3) is 0.833. The third kappa shape index (κ3) is 9.59. The van der Waals surface area contributed by atoms with E-state index in [4.69, 9.17) is 16.2 Å². The van der Waals surface area contributed by atoms with E-state index in [0.717, 1.165) is 0 Å². The third-order valence-electron chi connectivity index (χ3n) is 1.22. The van der Waals surface area contributed by atoms with Gasteiger partial charge in [-0.15, -0.1) is 11.6 Å². The number of hydrogen-bond donors (Lipinski definition) is 2. The Bertz CT molecular complexity index is 251. The van der Waals surface area contributed by atoms with E-state index >= 15 is 0 Å². The van der Waals surface area contributed by atoms with E-state index in [-0.39, 0.29) is 18.9 Å². The minimum Gasteiger partial charge on any atom is -0.355 e. The van der Waals surface area contributed by atoms with E-state index in [9.17, 15) is 13.2 Å². The van der Waals surface area contributed by atoms with Gasteiger partial charge in [0, 0.05) is 18.8 Å². The Hall–Kier alpha value is -0.330. The number of rotatable bonds is 6. The molecule has 0 atom stereocenters. The zero-order chi connectivity index (χ0) is 10.3. The molecule has 0 radical (unpaired) electrons. The lowest BCUT2D eigenvalue weighted by Gasteiger charge is -2.01. The number of carbonyl (C=O) groups excluding carboxylic acids is 1. The largest absolute Gasteiger partial charge is 0.355 e. The summed E-state index contributed by atoms with van der Waals surface area (Å²) in [5.41, 5.74) is 0. The monoisotopic (exact) mass is 229 g/mol.